The second-order valence-corrected chi connectivity index (χ2v) is 9.56. The van der Waals surface area contributed by atoms with Crippen LogP contribution in [0.5, 0.6) is 5.75 Å². The topological polar surface area (TPSA) is 47.4 Å². The maximum Gasteiger partial charge on any atom is 0.266 e. The summed E-state index contributed by atoms with van der Waals surface area (Å²) in [7, 11) is 0. The number of hydrogen-bond donors (Lipinski definition) is 0. The van der Waals surface area contributed by atoms with Crippen molar-refractivity contribution >= 4 is 0 Å². The van der Waals surface area contributed by atoms with Crippen molar-refractivity contribution in [1.82, 2.24) is 14.7 Å². The van der Waals surface area contributed by atoms with Crippen LogP contribution in [0.2, 0.25) is 0 Å². The molecule has 1 fully saturated rings. The Morgan fingerprint density at radius 1 is 1.14 bits per heavy atom. The van der Waals surface area contributed by atoms with E-state index >= 15 is 0 Å². The van der Waals surface area contributed by atoms with Gasteiger partial charge in [0.1, 0.15) is 5.75 Å². The first-order valence-corrected chi connectivity index (χ1v) is 10.9. The van der Waals surface area contributed by atoms with Crippen LogP contribution in [-0.4, -0.2) is 40.9 Å². The van der Waals surface area contributed by atoms with Crippen LogP contribution in [0, 0.1) is 5.92 Å². The van der Waals surface area contributed by atoms with Crippen LogP contribution < -0.4 is 10.3 Å². The smallest absolute Gasteiger partial charge is 0.266 e. The minimum Gasteiger partial charge on any atom is -0.493 e. The number of hydrogen-bond acceptors (Lipinski definition) is 4. The molecular weight excluding hydrogens is 362 g/mol. The van der Waals surface area contributed by atoms with Crippen molar-refractivity contribution in [1.29, 1.82) is 0 Å². The minimum atomic E-state index is -0.0392. The van der Waals surface area contributed by atoms with Crippen LogP contribution in [0.1, 0.15) is 50.4 Å². The summed E-state index contributed by atoms with van der Waals surface area (Å²) < 4.78 is 7.29. The molecule has 3 heterocycles. The standard InChI is InChI=1S/C24H33N3O2/c1-24(2,3)22-6-7-23(28)27(25-22)17-19-9-13-26(14-10-19)12-8-18-4-5-21-20(16-18)11-15-29-21/h4-7,16,19H,8-15,17H2,1-3H3. The molecule has 0 N–H and O–H groups in total. The van der Waals surface area contributed by atoms with Gasteiger partial charge in [-0.1, -0.05) is 32.9 Å². The van der Waals surface area contributed by atoms with Gasteiger partial charge >= 0.3 is 0 Å². The zero-order valence-electron chi connectivity index (χ0n) is 18.0. The zero-order chi connectivity index (χ0) is 20.4. The summed E-state index contributed by atoms with van der Waals surface area (Å²) >= 11 is 0. The first-order valence-electron chi connectivity index (χ1n) is 10.9. The van der Waals surface area contributed by atoms with Gasteiger partial charge in [0.2, 0.25) is 0 Å². The first kappa shape index (κ1) is 20.1. The largest absolute Gasteiger partial charge is 0.493 e. The molecule has 156 valence electrons. The highest BCUT2D eigenvalue weighted by molar-refractivity contribution is 5.39. The van der Waals surface area contributed by atoms with Gasteiger partial charge in [-0.05, 0) is 61.5 Å². The Balaban J connectivity index is 1.28. The molecule has 2 aliphatic heterocycles. The van der Waals surface area contributed by atoms with Crippen LogP contribution in [0.4, 0.5) is 0 Å². The lowest BCUT2D eigenvalue weighted by atomic mass is 9.92. The monoisotopic (exact) mass is 395 g/mol. The third-order valence-corrected chi connectivity index (χ3v) is 6.24. The molecule has 0 atom stereocenters. The quantitative estimate of drug-likeness (QED) is 0.778. The Morgan fingerprint density at radius 2 is 1.93 bits per heavy atom. The number of nitrogens with zero attached hydrogens (tertiary/aromatic N) is 3. The van der Waals surface area contributed by atoms with E-state index in [1.165, 1.54) is 11.1 Å². The van der Waals surface area contributed by atoms with Gasteiger partial charge < -0.3 is 9.64 Å². The molecule has 0 bridgehead atoms. The Bertz CT molecular complexity index is 905. The normalized spacial score (nSPS) is 17.9. The molecule has 0 spiro atoms. The molecule has 0 amide bonds. The Kier molecular flexibility index (Phi) is 5.77. The van der Waals surface area contributed by atoms with Crippen LogP contribution in [0.25, 0.3) is 0 Å². The fourth-order valence-electron chi connectivity index (χ4n) is 4.30. The van der Waals surface area contributed by atoms with Crippen LogP contribution in [0.3, 0.4) is 0 Å². The highest BCUT2D eigenvalue weighted by Crippen LogP contribution is 2.26. The lowest BCUT2D eigenvalue weighted by Crippen LogP contribution is -2.38. The van der Waals surface area contributed by atoms with E-state index in [1.807, 2.05) is 6.07 Å². The molecule has 1 saturated heterocycles. The fraction of sp³-hybridized carbons (Fsp3) is 0.583. The first-order chi connectivity index (χ1) is 13.9. The third kappa shape index (κ3) is 4.89. The van der Waals surface area contributed by atoms with Gasteiger partial charge in [-0.15, -0.1) is 0 Å². The molecule has 4 rings (SSSR count). The highest BCUT2D eigenvalue weighted by Gasteiger charge is 2.22. The zero-order valence-corrected chi connectivity index (χ0v) is 18.0. The summed E-state index contributed by atoms with van der Waals surface area (Å²) in [6.45, 7) is 11.3. The number of likely N-dealkylation sites (tertiary alicyclic amines) is 1. The van der Waals surface area contributed by atoms with Crippen molar-refractivity contribution in [3.63, 3.8) is 0 Å². The van der Waals surface area contributed by atoms with E-state index in [4.69, 9.17) is 4.74 Å². The van der Waals surface area contributed by atoms with E-state index in [2.05, 4.69) is 49.0 Å². The average molecular weight is 396 g/mol. The van der Waals surface area contributed by atoms with Crippen LogP contribution >= 0.6 is 0 Å². The second kappa shape index (κ2) is 8.31. The van der Waals surface area contributed by atoms with E-state index in [9.17, 15) is 4.79 Å². The molecule has 1 aromatic carbocycles. The van der Waals surface area contributed by atoms with E-state index in [-0.39, 0.29) is 11.0 Å². The van der Waals surface area contributed by atoms with E-state index in [0.29, 0.717) is 5.92 Å². The van der Waals surface area contributed by atoms with E-state index < -0.39 is 0 Å². The fourth-order valence-corrected chi connectivity index (χ4v) is 4.30. The van der Waals surface area contributed by atoms with Gasteiger partial charge in [-0.2, -0.15) is 5.10 Å². The molecule has 2 aliphatic rings. The minimum absolute atomic E-state index is 0.0148. The second-order valence-electron chi connectivity index (χ2n) is 9.56. The van der Waals surface area contributed by atoms with E-state index in [1.54, 1.807) is 10.7 Å². The van der Waals surface area contributed by atoms with Crippen LogP contribution in [-0.2, 0) is 24.8 Å². The van der Waals surface area contributed by atoms with Crippen molar-refractivity contribution in [2.75, 3.05) is 26.2 Å². The van der Waals surface area contributed by atoms with Gasteiger partial charge in [-0.3, -0.25) is 4.79 Å². The molecule has 0 unspecified atom stereocenters. The third-order valence-electron chi connectivity index (χ3n) is 6.24. The molecule has 29 heavy (non-hydrogen) atoms. The highest BCUT2D eigenvalue weighted by atomic mass is 16.5. The molecule has 0 aliphatic carbocycles. The summed E-state index contributed by atoms with van der Waals surface area (Å²) in [5.41, 5.74) is 3.72. The summed E-state index contributed by atoms with van der Waals surface area (Å²) in [6, 6.07) is 10.2. The average Bonchev–Trinajstić information content (AvgIpc) is 3.16. The van der Waals surface area contributed by atoms with E-state index in [0.717, 1.165) is 69.9 Å². The predicted molar refractivity (Wildman–Crippen MR) is 116 cm³/mol. The lowest BCUT2D eigenvalue weighted by molar-refractivity contribution is 0.171. The van der Waals surface area contributed by atoms with Gasteiger partial charge in [0.15, 0.2) is 0 Å². The number of piperidine rings is 1. The molecule has 5 nitrogen and oxygen atoms in total. The van der Waals surface area contributed by atoms with Gasteiger partial charge in [0, 0.05) is 31.0 Å². The number of ether oxygens (including phenoxy) is 1. The lowest BCUT2D eigenvalue weighted by Gasteiger charge is -2.32. The predicted octanol–water partition coefficient (Wildman–Crippen LogP) is 3.43. The summed E-state index contributed by atoms with van der Waals surface area (Å²) in [4.78, 5) is 14.8. The SMILES string of the molecule is CC(C)(C)c1ccc(=O)n(CC2CCN(CCc3ccc4c(c3)CCO4)CC2)n1. The maximum absolute atomic E-state index is 12.3. The van der Waals surface area contributed by atoms with Crippen molar-refractivity contribution in [2.24, 2.45) is 5.92 Å². The summed E-state index contributed by atoms with van der Waals surface area (Å²) in [6.07, 6.45) is 4.39. The Morgan fingerprint density at radius 3 is 2.69 bits per heavy atom. The van der Waals surface area contributed by atoms with Gasteiger partial charge in [-0.25, -0.2) is 4.68 Å². The molecule has 2 aromatic rings. The van der Waals surface area contributed by atoms with Crippen molar-refractivity contribution in [3.05, 3.63) is 57.5 Å². The number of aromatic nitrogens is 2. The number of benzene rings is 1. The summed E-state index contributed by atoms with van der Waals surface area (Å²) in [5, 5.41) is 4.64. The number of fused-ring (bicyclic) bond motifs is 1. The van der Waals surface area contributed by atoms with Crippen LogP contribution in [0.15, 0.2) is 35.1 Å². The molecule has 1 aromatic heterocycles. The molecule has 0 radical (unpaired) electrons. The van der Waals surface area contributed by atoms with Crippen molar-refractivity contribution in [3.8, 4) is 5.75 Å². The maximum atomic E-state index is 12.3. The molecule has 0 saturated carbocycles. The number of rotatable bonds is 5. The van der Waals surface area contributed by atoms with Gasteiger partial charge in [0.05, 0.1) is 12.3 Å². The van der Waals surface area contributed by atoms with Crippen molar-refractivity contribution in [2.45, 2.75) is 58.4 Å². The Hall–Kier alpha value is -2.14. The Labute approximate surface area is 173 Å². The van der Waals surface area contributed by atoms with Gasteiger partial charge in [0.25, 0.3) is 5.56 Å². The molecule has 5 heteroatoms. The molecular formula is C24H33N3O2. The summed E-state index contributed by atoms with van der Waals surface area (Å²) in [5.74, 6) is 1.60. The van der Waals surface area contributed by atoms with Crippen molar-refractivity contribution < 1.29 is 4.74 Å².